The molecule has 7 heteroatoms. The first-order valence-electron chi connectivity index (χ1n) is 7.20. The van der Waals surface area contributed by atoms with Crippen LogP contribution in [0.1, 0.15) is 22.0 Å². The summed E-state index contributed by atoms with van der Waals surface area (Å²) in [5.41, 5.74) is 7.37. The first-order chi connectivity index (χ1) is 10.6. The maximum Gasteiger partial charge on any atom is 0.274 e. The topological polar surface area (TPSA) is 81.2 Å². The molecule has 2 atom stereocenters. The van der Waals surface area contributed by atoms with Gasteiger partial charge in [-0.15, -0.1) is 12.4 Å². The summed E-state index contributed by atoms with van der Waals surface area (Å²) in [6.45, 7) is 1.05. The minimum Gasteiger partial charge on any atom is -0.335 e. The Morgan fingerprint density at radius 1 is 1.17 bits per heavy atom. The van der Waals surface area contributed by atoms with Gasteiger partial charge in [-0.05, 0) is 11.6 Å². The number of likely N-dealkylation sites (tertiary alicyclic amines) is 1. The van der Waals surface area contributed by atoms with Gasteiger partial charge in [0.1, 0.15) is 5.69 Å². The minimum absolute atomic E-state index is 0. The molecule has 2 aromatic rings. The molecule has 1 aromatic heterocycles. The zero-order valence-corrected chi connectivity index (χ0v) is 13.6. The lowest BCUT2D eigenvalue weighted by Gasteiger charge is -2.16. The largest absolute Gasteiger partial charge is 0.335 e. The van der Waals surface area contributed by atoms with E-state index in [4.69, 9.17) is 5.73 Å². The van der Waals surface area contributed by atoms with E-state index in [0.717, 1.165) is 10.2 Å². The highest BCUT2D eigenvalue weighted by atomic mass is 35.5. The Hall–Kier alpha value is -2.18. The normalized spacial score (nSPS) is 20.2. The van der Waals surface area contributed by atoms with E-state index < -0.39 is 0 Å². The highest BCUT2D eigenvalue weighted by Crippen LogP contribution is 2.27. The van der Waals surface area contributed by atoms with E-state index in [-0.39, 0.29) is 41.5 Å². The molecule has 0 radical (unpaired) electrons. The molecule has 2 N–H and O–H groups in total. The number of rotatable bonds is 2. The maximum atomic E-state index is 12.5. The molecule has 23 heavy (non-hydrogen) atoms. The van der Waals surface area contributed by atoms with Crippen molar-refractivity contribution < 1.29 is 4.79 Å². The van der Waals surface area contributed by atoms with Gasteiger partial charge in [-0.2, -0.15) is 5.10 Å². The fourth-order valence-electron chi connectivity index (χ4n) is 2.83. The predicted octanol–water partition coefficient (Wildman–Crippen LogP) is 0.769. The van der Waals surface area contributed by atoms with Crippen LogP contribution in [0.4, 0.5) is 0 Å². The predicted molar refractivity (Wildman–Crippen MR) is 89.8 cm³/mol. The number of hydrogen-bond donors (Lipinski definition) is 1. The van der Waals surface area contributed by atoms with E-state index >= 15 is 0 Å². The molecule has 3 rings (SSSR count). The molecule has 1 aromatic carbocycles. The van der Waals surface area contributed by atoms with Crippen molar-refractivity contribution in [3.05, 3.63) is 64.1 Å². The summed E-state index contributed by atoms with van der Waals surface area (Å²) in [4.78, 5) is 25.6. The van der Waals surface area contributed by atoms with Crippen molar-refractivity contribution in [2.75, 3.05) is 13.1 Å². The van der Waals surface area contributed by atoms with Crippen LogP contribution in [0.3, 0.4) is 0 Å². The number of halogens is 1. The van der Waals surface area contributed by atoms with Crippen LogP contribution in [-0.4, -0.2) is 39.7 Å². The number of carbonyl (C=O) groups excluding carboxylic acids is 1. The van der Waals surface area contributed by atoms with Crippen molar-refractivity contribution >= 4 is 18.3 Å². The molecular formula is C16H19ClN4O2. The van der Waals surface area contributed by atoms with Crippen LogP contribution in [-0.2, 0) is 7.05 Å². The molecule has 0 saturated carbocycles. The zero-order valence-electron chi connectivity index (χ0n) is 12.8. The van der Waals surface area contributed by atoms with Crippen molar-refractivity contribution in [2.24, 2.45) is 12.8 Å². The fourth-order valence-corrected chi connectivity index (χ4v) is 2.83. The van der Waals surface area contributed by atoms with Gasteiger partial charge in [0.15, 0.2) is 0 Å². The van der Waals surface area contributed by atoms with Gasteiger partial charge in [0.2, 0.25) is 0 Å². The second-order valence-corrected chi connectivity index (χ2v) is 5.57. The summed E-state index contributed by atoms with van der Waals surface area (Å²) in [6.07, 6.45) is 0. The second kappa shape index (κ2) is 6.93. The molecule has 0 unspecified atom stereocenters. The Balaban J connectivity index is 0.00000192. The van der Waals surface area contributed by atoms with E-state index in [1.807, 2.05) is 30.3 Å². The Bertz CT molecular complexity index is 747. The first kappa shape index (κ1) is 17.2. The second-order valence-electron chi connectivity index (χ2n) is 5.57. The van der Waals surface area contributed by atoms with Crippen molar-refractivity contribution in [1.82, 2.24) is 14.7 Å². The molecule has 1 aliphatic rings. The zero-order chi connectivity index (χ0) is 15.7. The molecule has 1 aliphatic heterocycles. The summed E-state index contributed by atoms with van der Waals surface area (Å²) in [6, 6.07) is 12.7. The number of nitrogens with two attached hydrogens (primary N) is 1. The molecule has 1 saturated heterocycles. The van der Waals surface area contributed by atoms with Crippen LogP contribution in [0.5, 0.6) is 0 Å². The van der Waals surface area contributed by atoms with Crippen LogP contribution in [0.25, 0.3) is 0 Å². The molecule has 122 valence electrons. The van der Waals surface area contributed by atoms with Crippen molar-refractivity contribution in [2.45, 2.75) is 12.0 Å². The lowest BCUT2D eigenvalue weighted by Crippen LogP contribution is -2.34. The third kappa shape index (κ3) is 3.43. The smallest absolute Gasteiger partial charge is 0.274 e. The van der Waals surface area contributed by atoms with Crippen molar-refractivity contribution in [3.8, 4) is 0 Å². The van der Waals surface area contributed by atoms with Gasteiger partial charge in [0, 0.05) is 38.2 Å². The van der Waals surface area contributed by atoms with Gasteiger partial charge in [0.05, 0.1) is 0 Å². The summed E-state index contributed by atoms with van der Waals surface area (Å²) in [5, 5.41) is 4.01. The summed E-state index contributed by atoms with van der Waals surface area (Å²) in [7, 11) is 1.53. The van der Waals surface area contributed by atoms with E-state index in [1.54, 1.807) is 4.90 Å². The number of hydrogen-bond acceptors (Lipinski definition) is 4. The number of benzene rings is 1. The number of carbonyl (C=O) groups is 1. The van der Waals surface area contributed by atoms with Crippen LogP contribution in [0, 0.1) is 0 Å². The quantitative estimate of drug-likeness (QED) is 0.879. The molecule has 0 bridgehead atoms. The Morgan fingerprint density at radius 3 is 2.52 bits per heavy atom. The molecule has 1 fully saturated rings. The van der Waals surface area contributed by atoms with Crippen LogP contribution >= 0.6 is 12.4 Å². The van der Waals surface area contributed by atoms with Gasteiger partial charge >= 0.3 is 0 Å². The number of nitrogens with zero attached hydrogens (tertiary/aromatic N) is 3. The average molecular weight is 335 g/mol. The monoisotopic (exact) mass is 334 g/mol. The third-order valence-corrected chi connectivity index (χ3v) is 4.06. The molecule has 6 nitrogen and oxygen atoms in total. The Labute approximate surface area is 140 Å². The van der Waals surface area contributed by atoms with E-state index in [0.29, 0.717) is 13.1 Å². The Morgan fingerprint density at radius 2 is 1.87 bits per heavy atom. The number of aryl methyl sites for hydroxylation is 1. The number of aromatic nitrogens is 2. The lowest BCUT2D eigenvalue weighted by atomic mass is 9.95. The van der Waals surface area contributed by atoms with E-state index in [2.05, 4.69) is 5.10 Å². The molecule has 0 spiro atoms. The van der Waals surface area contributed by atoms with Crippen LogP contribution in [0.2, 0.25) is 0 Å². The summed E-state index contributed by atoms with van der Waals surface area (Å²) < 4.78 is 1.16. The molecule has 1 amide bonds. The van der Waals surface area contributed by atoms with Gasteiger partial charge in [-0.1, -0.05) is 30.3 Å². The van der Waals surface area contributed by atoms with Gasteiger partial charge < -0.3 is 10.6 Å². The minimum atomic E-state index is -0.239. The SMILES string of the molecule is Cl.Cn1nc(C(=O)N2C[C@@H](N)[C@H](c3ccccc3)C2)ccc1=O. The van der Waals surface area contributed by atoms with Crippen LogP contribution in [0.15, 0.2) is 47.3 Å². The average Bonchev–Trinajstić information content (AvgIpc) is 2.92. The third-order valence-electron chi connectivity index (χ3n) is 4.06. The highest BCUT2D eigenvalue weighted by molar-refractivity contribution is 5.92. The highest BCUT2D eigenvalue weighted by Gasteiger charge is 2.34. The fraction of sp³-hybridized carbons (Fsp3) is 0.312. The number of amides is 1. The lowest BCUT2D eigenvalue weighted by molar-refractivity contribution is 0.0780. The first-order valence-corrected chi connectivity index (χ1v) is 7.20. The van der Waals surface area contributed by atoms with Gasteiger partial charge in [-0.3, -0.25) is 9.59 Å². The van der Waals surface area contributed by atoms with Crippen molar-refractivity contribution in [3.63, 3.8) is 0 Å². The summed E-state index contributed by atoms with van der Waals surface area (Å²) in [5.74, 6) is -0.0674. The van der Waals surface area contributed by atoms with Crippen LogP contribution < -0.4 is 11.3 Å². The van der Waals surface area contributed by atoms with Crippen molar-refractivity contribution in [1.29, 1.82) is 0 Å². The van der Waals surface area contributed by atoms with E-state index in [9.17, 15) is 9.59 Å². The van der Waals surface area contributed by atoms with Gasteiger partial charge in [-0.25, -0.2) is 4.68 Å². The standard InChI is InChI=1S/C16H18N4O2.ClH/c1-19-15(21)8-7-14(18-19)16(22)20-9-12(13(17)10-20)11-5-3-2-4-6-11;/h2-8,12-13H,9-10,17H2,1H3;1H/t12-,13+;/m0./s1. The van der Waals surface area contributed by atoms with E-state index in [1.165, 1.54) is 19.2 Å². The maximum absolute atomic E-state index is 12.5. The van der Waals surface area contributed by atoms with Gasteiger partial charge in [0.25, 0.3) is 11.5 Å². The molecule has 2 heterocycles. The molecular weight excluding hydrogens is 316 g/mol. The summed E-state index contributed by atoms with van der Waals surface area (Å²) >= 11 is 0. The molecule has 0 aliphatic carbocycles. The Kier molecular flexibility index (Phi) is 5.18.